The third-order valence-electron chi connectivity index (χ3n) is 4.05. The Hall–Kier alpha value is -1.97. The van der Waals surface area contributed by atoms with Crippen LogP contribution < -0.4 is 15.4 Å². The fourth-order valence-electron chi connectivity index (χ4n) is 2.87. The first-order valence-corrected chi connectivity index (χ1v) is 12.2. The summed E-state index contributed by atoms with van der Waals surface area (Å²) in [5.74, 6) is 0.635. The Balaban J connectivity index is 2.11. The Morgan fingerprint density at radius 1 is 1.17 bits per heavy atom. The van der Waals surface area contributed by atoms with Crippen molar-refractivity contribution in [1.29, 1.82) is 0 Å². The molecule has 0 saturated heterocycles. The van der Waals surface area contributed by atoms with Gasteiger partial charge < -0.3 is 10.6 Å². The Morgan fingerprint density at radius 2 is 1.86 bits per heavy atom. The highest BCUT2D eigenvalue weighted by Crippen LogP contribution is 2.17. The first-order chi connectivity index (χ1) is 13.7. The van der Waals surface area contributed by atoms with Crippen molar-refractivity contribution >= 4 is 27.3 Å². The number of aliphatic imine (C=N–C) groups is 1. The number of nitrogens with zero attached hydrogens (tertiary/aromatic N) is 2. The summed E-state index contributed by atoms with van der Waals surface area (Å²) in [5.41, 5.74) is 2.68. The van der Waals surface area contributed by atoms with Gasteiger partial charge >= 0.3 is 0 Å². The Labute approximate surface area is 178 Å². The van der Waals surface area contributed by atoms with Crippen LogP contribution in [0.1, 0.15) is 47.5 Å². The van der Waals surface area contributed by atoms with E-state index < -0.39 is 10.0 Å². The molecule has 2 rings (SSSR count). The van der Waals surface area contributed by atoms with Crippen LogP contribution in [0.3, 0.4) is 0 Å². The fourth-order valence-corrected chi connectivity index (χ4v) is 5.24. The third-order valence-corrected chi connectivity index (χ3v) is 6.64. The molecular formula is C20H31N5O2S2. The molecule has 0 aliphatic rings. The largest absolute Gasteiger partial charge is 0.357 e. The number of guanidine groups is 1. The predicted molar refractivity (Wildman–Crippen MR) is 121 cm³/mol. The predicted octanol–water partition coefficient (Wildman–Crippen LogP) is 2.84. The van der Waals surface area contributed by atoms with Gasteiger partial charge in [0, 0.05) is 17.5 Å². The summed E-state index contributed by atoms with van der Waals surface area (Å²) < 4.78 is 27.3. The molecule has 0 fully saturated rings. The number of aromatic nitrogens is 1. The molecule has 29 heavy (non-hydrogen) atoms. The summed E-state index contributed by atoms with van der Waals surface area (Å²) in [5, 5.41) is 7.62. The molecular weight excluding hydrogens is 406 g/mol. The summed E-state index contributed by atoms with van der Waals surface area (Å²) in [4.78, 5) is 10.3. The number of nitrogens with one attached hydrogen (secondary N) is 3. The lowest BCUT2D eigenvalue weighted by molar-refractivity contribution is 0.569. The molecule has 0 aliphatic heterocycles. The smallest absolute Gasteiger partial charge is 0.216 e. The zero-order chi connectivity index (χ0) is 21.4. The highest BCUT2D eigenvalue weighted by molar-refractivity contribution is 7.88. The number of thiazole rings is 1. The van der Waals surface area contributed by atoms with Crippen molar-refractivity contribution in [1.82, 2.24) is 20.3 Å². The lowest BCUT2D eigenvalue weighted by atomic mass is 10.1. The minimum Gasteiger partial charge on any atom is -0.357 e. The van der Waals surface area contributed by atoms with Gasteiger partial charge in [0.2, 0.25) is 10.0 Å². The summed E-state index contributed by atoms with van der Waals surface area (Å²) >= 11 is 1.67. The molecule has 160 valence electrons. The number of hydrogen-bond acceptors (Lipinski definition) is 5. The molecule has 1 aromatic carbocycles. The molecule has 0 unspecified atom stereocenters. The second-order valence-electron chi connectivity index (χ2n) is 7.09. The molecule has 0 saturated carbocycles. The van der Waals surface area contributed by atoms with Gasteiger partial charge in [-0.1, -0.05) is 24.3 Å². The Morgan fingerprint density at radius 3 is 2.45 bits per heavy atom. The lowest BCUT2D eigenvalue weighted by Crippen LogP contribution is -2.36. The van der Waals surface area contributed by atoms with E-state index >= 15 is 0 Å². The minimum atomic E-state index is -3.39. The maximum Gasteiger partial charge on any atom is 0.216 e. The van der Waals surface area contributed by atoms with Crippen LogP contribution in [0.4, 0.5) is 0 Å². The molecule has 3 N–H and O–H groups in total. The Bertz CT molecular complexity index is 936. The van der Waals surface area contributed by atoms with Gasteiger partial charge in [-0.05, 0) is 45.7 Å². The SMILES string of the molecule is CCNC(=NCc1ccccc1CS(=O)(=O)NC(C)C)NCc1sc(C)nc1C. The fraction of sp³-hybridized carbons (Fsp3) is 0.500. The molecule has 9 heteroatoms. The van der Waals surface area contributed by atoms with Crippen molar-refractivity contribution < 1.29 is 8.42 Å². The highest BCUT2D eigenvalue weighted by atomic mass is 32.2. The second kappa shape index (κ2) is 10.7. The van der Waals surface area contributed by atoms with Crippen LogP contribution >= 0.6 is 11.3 Å². The zero-order valence-corrected chi connectivity index (χ0v) is 19.4. The van der Waals surface area contributed by atoms with E-state index in [1.165, 1.54) is 4.88 Å². The van der Waals surface area contributed by atoms with Crippen molar-refractivity contribution in [3.63, 3.8) is 0 Å². The van der Waals surface area contributed by atoms with Crippen LogP contribution in [0.2, 0.25) is 0 Å². The van der Waals surface area contributed by atoms with Crippen molar-refractivity contribution in [2.45, 2.75) is 59.5 Å². The molecule has 2 aromatic rings. The molecule has 7 nitrogen and oxygen atoms in total. The van der Waals surface area contributed by atoms with Gasteiger partial charge in [0.25, 0.3) is 0 Å². The van der Waals surface area contributed by atoms with Crippen LogP contribution in [0, 0.1) is 13.8 Å². The van der Waals surface area contributed by atoms with Gasteiger partial charge in [0.15, 0.2) is 5.96 Å². The van der Waals surface area contributed by atoms with Crippen molar-refractivity contribution in [2.75, 3.05) is 6.54 Å². The van der Waals surface area contributed by atoms with Gasteiger partial charge in [0.1, 0.15) is 0 Å². The molecule has 0 amide bonds. The van der Waals surface area contributed by atoms with E-state index in [0.29, 0.717) is 19.0 Å². The number of aryl methyl sites for hydroxylation is 2. The number of hydrogen-bond donors (Lipinski definition) is 3. The van der Waals surface area contributed by atoms with E-state index in [2.05, 4.69) is 25.3 Å². The quantitative estimate of drug-likeness (QED) is 0.414. The number of rotatable bonds is 9. The molecule has 1 aromatic heterocycles. The van der Waals surface area contributed by atoms with Crippen molar-refractivity contribution in [3.05, 3.63) is 51.0 Å². The number of sulfonamides is 1. The zero-order valence-electron chi connectivity index (χ0n) is 17.7. The van der Waals surface area contributed by atoms with Crippen LogP contribution in [0.15, 0.2) is 29.3 Å². The number of benzene rings is 1. The van der Waals surface area contributed by atoms with Gasteiger partial charge in [-0.15, -0.1) is 11.3 Å². The average molecular weight is 438 g/mol. The minimum absolute atomic E-state index is 0.0554. The first kappa shape index (κ1) is 23.3. The van der Waals surface area contributed by atoms with Crippen LogP contribution in [0.25, 0.3) is 0 Å². The van der Waals surface area contributed by atoms with Crippen molar-refractivity contribution in [2.24, 2.45) is 4.99 Å². The molecule has 0 spiro atoms. The van der Waals surface area contributed by atoms with Crippen LogP contribution in [-0.2, 0) is 28.9 Å². The maximum atomic E-state index is 12.3. The van der Waals surface area contributed by atoms with Crippen LogP contribution in [-0.4, -0.2) is 31.9 Å². The van der Waals surface area contributed by atoms with Gasteiger partial charge in [-0.25, -0.2) is 23.1 Å². The monoisotopic (exact) mass is 437 g/mol. The molecule has 0 atom stereocenters. The van der Waals surface area contributed by atoms with Gasteiger partial charge in [-0.2, -0.15) is 0 Å². The van der Waals surface area contributed by atoms with Gasteiger partial charge in [-0.3, -0.25) is 0 Å². The van der Waals surface area contributed by atoms with Gasteiger partial charge in [0.05, 0.1) is 29.5 Å². The van der Waals surface area contributed by atoms with Crippen LogP contribution in [0.5, 0.6) is 0 Å². The van der Waals surface area contributed by atoms with E-state index in [0.717, 1.165) is 28.4 Å². The summed E-state index contributed by atoms with van der Waals surface area (Å²) in [7, 11) is -3.39. The molecule has 1 heterocycles. The summed E-state index contributed by atoms with van der Waals surface area (Å²) in [6.07, 6.45) is 0. The van der Waals surface area contributed by atoms with E-state index in [9.17, 15) is 8.42 Å². The normalized spacial score (nSPS) is 12.4. The second-order valence-corrected chi connectivity index (χ2v) is 10.1. The average Bonchev–Trinajstić information content (AvgIpc) is 2.94. The highest BCUT2D eigenvalue weighted by Gasteiger charge is 2.15. The van der Waals surface area contributed by atoms with E-state index in [1.807, 2.05) is 58.9 Å². The lowest BCUT2D eigenvalue weighted by Gasteiger charge is -2.13. The topological polar surface area (TPSA) is 95.5 Å². The van der Waals surface area contributed by atoms with E-state index in [1.54, 1.807) is 11.3 Å². The summed E-state index contributed by atoms with van der Waals surface area (Å²) in [6, 6.07) is 7.39. The van der Waals surface area contributed by atoms with E-state index in [4.69, 9.17) is 0 Å². The third kappa shape index (κ3) is 7.75. The standard InChI is InChI=1S/C20H31N5O2S2/c1-6-21-20(23-12-19-15(4)24-16(5)28-19)22-11-17-9-7-8-10-18(17)13-29(26,27)25-14(2)3/h7-10,14,25H,6,11-13H2,1-5H3,(H2,21,22,23). The van der Waals surface area contributed by atoms with Crippen molar-refractivity contribution in [3.8, 4) is 0 Å². The Kier molecular flexibility index (Phi) is 8.60. The molecule has 0 aliphatic carbocycles. The molecule has 0 bridgehead atoms. The maximum absolute atomic E-state index is 12.3. The molecule has 0 radical (unpaired) electrons. The summed E-state index contributed by atoms with van der Waals surface area (Å²) in [6.45, 7) is 11.4. The first-order valence-electron chi connectivity index (χ1n) is 9.72. The van der Waals surface area contributed by atoms with E-state index in [-0.39, 0.29) is 11.8 Å².